The lowest BCUT2D eigenvalue weighted by atomic mass is 10.2. The minimum Gasteiger partial charge on any atom is -0.268 e. The van der Waals surface area contributed by atoms with Gasteiger partial charge >= 0.3 is 0 Å². The van der Waals surface area contributed by atoms with Crippen LogP contribution < -0.4 is 4.31 Å². The van der Waals surface area contributed by atoms with Crippen LogP contribution in [0.25, 0.3) is 6.08 Å². The Morgan fingerprint density at radius 2 is 1.34 bits per heavy atom. The van der Waals surface area contributed by atoms with Crippen molar-refractivity contribution in [2.75, 3.05) is 4.31 Å². The second kappa shape index (κ2) is 8.41. The second-order valence-corrected chi connectivity index (χ2v) is 8.43. The smallest absolute Gasteiger partial charge is 0.268 e. The van der Waals surface area contributed by atoms with Gasteiger partial charge < -0.3 is 0 Å². The van der Waals surface area contributed by atoms with Crippen molar-refractivity contribution in [1.82, 2.24) is 0 Å². The Morgan fingerprint density at radius 3 is 1.90 bits per heavy atom. The summed E-state index contributed by atoms with van der Waals surface area (Å²) in [6, 6.07) is 18.5. The molecule has 0 aliphatic heterocycles. The molecular weight excluding hydrogens is 389 g/mol. The van der Waals surface area contributed by atoms with Gasteiger partial charge in [-0.05, 0) is 61.9 Å². The number of anilines is 1. The van der Waals surface area contributed by atoms with Crippen LogP contribution in [0.1, 0.15) is 16.7 Å². The lowest BCUT2D eigenvalue weighted by molar-refractivity contribution is -0.113. The van der Waals surface area contributed by atoms with Crippen LogP contribution >= 0.6 is 0 Å². The van der Waals surface area contributed by atoms with Crippen molar-refractivity contribution in [3.8, 4) is 0 Å². The fraction of sp³-hybridized carbons (Fsp3) is 0.0870. The molecule has 0 aromatic heterocycles. The highest BCUT2D eigenvalue weighted by Crippen LogP contribution is 2.25. The Balaban J connectivity index is 2.02. The molecule has 0 unspecified atom stereocenters. The number of carbonyl (C=O) groups is 1. The molecule has 3 rings (SSSR count). The zero-order chi connectivity index (χ0) is 21.0. The van der Waals surface area contributed by atoms with Crippen molar-refractivity contribution in [2.45, 2.75) is 18.7 Å². The molecule has 0 atom stereocenters. The van der Waals surface area contributed by atoms with Crippen LogP contribution in [-0.4, -0.2) is 14.3 Å². The molecule has 1 amide bonds. The summed E-state index contributed by atoms with van der Waals surface area (Å²) >= 11 is 0. The van der Waals surface area contributed by atoms with Crippen molar-refractivity contribution in [2.24, 2.45) is 0 Å². The molecule has 3 aromatic rings. The summed E-state index contributed by atoms with van der Waals surface area (Å²) in [6.45, 7) is 3.73. The maximum atomic E-state index is 13.2. The van der Waals surface area contributed by atoms with Gasteiger partial charge in [-0.15, -0.1) is 0 Å². The third-order valence-electron chi connectivity index (χ3n) is 4.32. The number of amides is 1. The van der Waals surface area contributed by atoms with Crippen molar-refractivity contribution in [3.63, 3.8) is 0 Å². The lowest BCUT2D eigenvalue weighted by Gasteiger charge is -2.21. The van der Waals surface area contributed by atoms with Crippen LogP contribution in [0.4, 0.5) is 10.1 Å². The van der Waals surface area contributed by atoms with Crippen molar-refractivity contribution >= 4 is 27.7 Å². The van der Waals surface area contributed by atoms with E-state index >= 15 is 0 Å². The molecule has 0 N–H and O–H groups in total. The second-order valence-electron chi connectivity index (χ2n) is 6.64. The summed E-state index contributed by atoms with van der Waals surface area (Å²) in [5.74, 6) is -1.12. The largest absolute Gasteiger partial charge is 0.271 e. The predicted molar refractivity (Wildman–Crippen MR) is 112 cm³/mol. The molecule has 3 aromatic carbocycles. The number of sulfonamides is 1. The number of nitrogens with zero attached hydrogens (tertiary/aromatic N) is 1. The number of hydrogen-bond donors (Lipinski definition) is 0. The van der Waals surface area contributed by atoms with E-state index in [2.05, 4.69) is 0 Å². The fourth-order valence-corrected chi connectivity index (χ4v) is 4.08. The van der Waals surface area contributed by atoms with Gasteiger partial charge in [-0.1, -0.05) is 47.5 Å². The van der Waals surface area contributed by atoms with Crippen molar-refractivity contribution in [1.29, 1.82) is 0 Å². The predicted octanol–water partition coefficient (Wildman–Crippen LogP) is 4.88. The Hall–Kier alpha value is -3.25. The molecule has 0 saturated carbocycles. The SMILES string of the molecule is Cc1ccc(N(C(=O)/C=C/c2ccc(F)cc2)S(=O)(=O)c2ccc(C)cc2)cc1. The summed E-state index contributed by atoms with van der Waals surface area (Å²) in [7, 11) is -4.12. The Kier molecular flexibility index (Phi) is 5.94. The first-order valence-electron chi connectivity index (χ1n) is 8.94. The summed E-state index contributed by atoms with van der Waals surface area (Å²) in [6.07, 6.45) is 2.62. The molecule has 0 spiro atoms. The standard InChI is InChI=1S/C23H20FNO3S/c1-17-3-12-21(13-4-17)25(29(27,28)22-14-5-18(2)6-15-22)23(26)16-9-19-7-10-20(24)11-8-19/h3-16H,1-2H3/b16-9+. The van der Waals surface area contributed by atoms with Gasteiger partial charge in [0.1, 0.15) is 5.82 Å². The molecule has 29 heavy (non-hydrogen) atoms. The first kappa shape index (κ1) is 20.5. The van der Waals surface area contributed by atoms with Gasteiger partial charge in [0.05, 0.1) is 10.6 Å². The molecule has 0 saturated heterocycles. The van der Waals surface area contributed by atoms with Gasteiger partial charge in [0, 0.05) is 6.08 Å². The summed E-state index contributed by atoms with van der Waals surface area (Å²) in [4.78, 5) is 13.0. The first-order valence-corrected chi connectivity index (χ1v) is 10.4. The monoisotopic (exact) mass is 409 g/mol. The van der Waals surface area contributed by atoms with E-state index in [4.69, 9.17) is 0 Å². The van der Waals surface area contributed by atoms with Gasteiger partial charge in [-0.3, -0.25) is 4.79 Å². The fourth-order valence-electron chi connectivity index (χ4n) is 2.69. The normalized spacial score (nSPS) is 11.6. The highest BCUT2D eigenvalue weighted by Gasteiger charge is 2.29. The van der Waals surface area contributed by atoms with Gasteiger partial charge in [0.2, 0.25) is 0 Å². The van der Waals surface area contributed by atoms with Gasteiger partial charge in [-0.25, -0.2) is 12.8 Å². The van der Waals surface area contributed by atoms with E-state index in [1.807, 2.05) is 13.8 Å². The molecule has 6 heteroatoms. The molecule has 0 heterocycles. The number of carbonyl (C=O) groups excluding carboxylic acids is 1. The van der Waals surface area contributed by atoms with Crippen molar-refractivity contribution in [3.05, 3.63) is 101 Å². The number of aryl methyl sites for hydroxylation is 2. The Labute approximate surface area is 170 Å². The van der Waals surface area contributed by atoms with Crippen LogP contribution in [0.15, 0.2) is 83.8 Å². The number of benzene rings is 3. The average molecular weight is 409 g/mol. The van der Waals surface area contributed by atoms with E-state index in [1.165, 1.54) is 48.6 Å². The lowest BCUT2D eigenvalue weighted by Crippen LogP contribution is -2.35. The molecule has 0 fully saturated rings. The average Bonchev–Trinajstić information content (AvgIpc) is 2.69. The quantitative estimate of drug-likeness (QED) is 0.565. The zero-order valence-corrected chi connectivity index (χ0v) is 16.9. The van der Waals surface area contributed by atoms with Gasteiger partial charge in [0.25, 0.3) is 15.9 Å². The Bertz CT molecular complexity index is 1130. The van der Waals surface area contributed by atoms with E-state index in [-0.39, 0.29) is 10.6 Å². The number of rotatable bonds is 5. The molecule has 0 bridgehead atoms. The topological polar surface area (TPSA) is 54.5 Å². The zero-order valence-electron chi connectivity index (χ0n) is 16.0. The van der Waals surface area contributed by atoms with E-state index in [1.54, 1.807) is 36.4 Å². The van der Waals surface area contributed by atoms with Gasteiger partial charge in [-0.2, -0.15) is 4.31 Å². The summed E-state index contributed by atoms with van der Waals surface area (Å²) in [5, 5.41) is 0. The number of hydrogen-bond acceptors (Lipinski definition) is 3. The van der Waals surface area contributed by atoms with Crippen molar-refractivity contribution < 1.29 is 17.6 Å². The van der Waals surface area contributed by atoms with Crippen LogP contribution in [0, 0.1) is 19.7 Å². The van der Waals surface area contributed by atoms with E-state index in [0.717, 1.165) is 15.4 Å². The maximum absolute atomic E-state index is 13.2. The highest BCUT2D eigenvalue weighted by atomic mass is 32.2. The summed E-state index contributed by atoms with van der Waals surface area (Å²) in [5.41, 5.74) is 2.67. The summed E-state index contributed by atoms with van der Waals surface area (Å²) < 4.78 is 40.3. The third-order valence-corrected chi connectivity index (χ3v) is 6.06. The maximum Gasteiger partial charge on any atom is 0.271 e. The van der Waals surface area contributed by atoms with Crippen LogP contribution in [-0.2, 0) is 14.8 Å². The Morgan fingerprint density at radius 1 is 0.828 bits per heavy atom. The molecule has 148 valence electrons. The van der Waals surface area contributed by atoms with E-state index in [0.29, 0.717) is 5.56 Å². The van der Waals surface area contributed by atoms with Crippen LogP contribution in [0.2, 0.25) is 0 Å². The molecule has 0 radical (unpaired) electrons. The minimum atomic E-state index is -4.12. The number of halogens is 1. The van der Waals surface area contributed by atoms with E-state index < -0.39 is 21.7 Å². The molecule has 0 aliphatic rings. The van der Waals surface area contributed by atoms with Crippen LogP contribution in [0.5, 0.6) is 0 Å². The van der Waals surface area contributed by atoms with E-state index in [9.17, 15) is 17.6 Å². The molecular formula is C23H20FNO3S. The third kappa shape index (κ3) is 4.78. The minimum absolute atomic E-state index is 0.0206. The van der Waals surface area contributed by atoms with Crippen LogP contribution in [0.3, 0.4) is 0 Å². The van der Waals surface area contributed by atoms with Gasteiger partial charge in [0.15, 0.2) is 0 Å². The first-order chi connectivity index (χ1) is 13.8. The highest BCUT2D eigenvalue weighted by molar-refractivity contribution is 7.93. The molecule has 4 nitrogen and oxygen atoms in total. The molecule has 0 aliphatic carbocycles.